The molecule has 1 heterocycles. The number of furan rings is 1. The first-order chi connectivity index (χ1) is 7.61. The van der Waals surface area contributed by atoms with Crippen molar-refractivity contribution in [3.05, 3.63) is 23.7 Å². The van der Waals surface area contributed by atoms with Gasteiger partial charge in [-0.05, 0) is 24.5 Å². The van der Waals surface area contributed by atoms with Crippen LogP contribution in [0.1, 0.15) is 36.8 Å². The van der Waals surface area contributed by atoms with Gasteiger partial charge in [0.15, 0.2) is 0 Å². The van der Waals surface area contributed by atoms with Crippen molar-refractivity contribution in [1.29, 1.82) is 0 Å². The van der Waals surface area contributed by atoms with Gasteiger partial charge in [-0.3, -0.25) is 0 Å². The van der Waals surface area contributed by atoms with Gasteiger partial charge in [-0.15, -0.1) is 0 Å². The van der Waals surface area contributed by atoms with Crippen LogP contribution in [0, 0.1) is 5.92 Å². The van der Waals surface area contributed by atoms with Crippen molar-refractivity contribution in [3.63, 3.8) is 0 Å². The second-order valence-corrected chi connectivity index (χ2v) is 4.87. The summed E-state index contributed by atoms with van der Waals surface area (Å²) in [7, 11) is 3.91. The van der Waals surface area contributed by atoms with Gasteiger partial charge in [-0.2, -0.15) is 0 Å². The second kappa shape index (κ2) is 4.57. The van der Waals surface area contributed by atoms with Gasteiger partial charge in [0.1, 0.15) is 11.5 Å². The molecule has 0 radical (unpaired) electrons. The van der Waals surface area contributed by atoms with Crippen LogP contribution in [0.3, 0.4) is 0 Å². The molecule has 1 aliphatic carbocycles. The third kappa shape index (κ3) is 2.45. The number of nitrogens with zero attached hydrogens (tertiary/aromatic N) is 1. The molecule has 1 fully saturated rings. The van der Waals surface area contributed by atoms with Gasteiger partial charge in [0.05, 0.1) is 6.04 Å². The zero-order valence-electron chi connectivity index (χ0n) is 10.2. The SMILES string of the molecule is CC1CC1c1ccc(C(CN)NN(C)C)o1. The number of nitrogens with two attached hydrogens (primary N) is 1. The van der Waals surface area contributed by atoms with E-state index in [-0.39, 0.29) is 6.04 Å². The standard InChI is InChI=1S/C12H21N3O/c1-8-6-9(8)11-4-5-12(16-11)10(7-13)14-15(2)3/h4-5,8-10,14H,6-7,13H2,1-3H3. The van der Waals surface area contributed by atoms with Crippen LogP contribution in [0.4, 0.5) is 0 Å². The van der Waals surface area contributed by atoms with Gasteiger partial charge in [0, 0.05) is 26.6 Å². The lowest BCUT2D eigenvalue weighted by Crippen LogP contribution is -2.37. The molecule has 0 aliphatic heterocycles. The summed E-state index contributed by atoms with van der Waals surface area (Å²) in [6.07, 6.45) is 1.25. The van der Waals surface area contributed by atoms with Gasteiger partial charge >= 0.3 is 0 Å². The average molecular weight is 223 g/mol. The number of hydrogen-bond donors (Lipinski definition) is 2. The van der Waals surface area contributed by atoms with Crippen molar-refractivity contribution in [1.82, 2.24) is 10.4 Å². The highest BCUT2D eigenvalue weighted by Gasteiger charge is 2.36. The number of hydrogen-bond acceptors (Lipinski definition) is 4. The normalized spacial score (nSPS) is 26.1. The summed E-state index contributed by atoms with van der Waals surface area (Å²) in [6.45, 7) is 2.79. The van der Waals surface area contributed by atoms with Crippen molar-refractivity contribution >= 4 is 0 Å². The maximum atomic E-state index is 5.86. The lowest BCUT2D eigenvalue weighted by molar-refractivity contribution is 0.225. The highest BCUT2D eigenvalue weighted by atomic mass is 16.3. The third-order valence-corrected chi connectivity index (χ3v) is 3.12. The van der Waals surface area contributed by atoms with E-state index in [1.807, 2.05) is 25.2 Å². The predicted octanol–water partition coefficient (Wildman–Crippen LogP) is 1.47. The smallest absolute Gasteiger partial charge is 0.123 e. The van der Waals surface area contributed by atoms with E-state index in [1.54, 1.807) is 0 Å². The average Bonchev–Trinajstić information content (AvgIpc) is 2.79. The molecule has 2 rings (SSSR count). The molecule has 1 aliphatic rings. The Morgan fingerprint density at radius 2 is 2.25 bits per heavy atom. The molecule has 3 N–H and O–H groups in total. The monoisotopic (exact) mass is 223 g/mol. The Bertz CT molecular complexity index is 348. The quantitative estimate of drug-likeness (QED) is 0.742. The molecule has 1 aromatic heterocycles. The Labute approximate surface area is 96.8 Å². The molecule has 16 heavy (non-hydrogen) atoms. The molecule has 0 amide bonds. The number of hydrazine groups is 1. The number of rotatable bonds is 5. The molecule has 0 saturated heterocycles. The Balaban J connectivity index is 2.04. The van der Waals surface area contributed by atoms with Crippen molar-refractivity contribution in [2.24, 2.45) is 11.7 Å². The highest BCUT2D eigenvalue weighted by Crippen LogP contribution is 2.47. The van der Waals surface area contributed by atoms with E-state index in [2.05, 4.69) is 18.4 Å². The van der Waals surface area contributed by atoms with E-state index in [0.29, 0.717) is 12.5 Å². The molecule has 90 valence electrons. The lowest BCUT2D eigenvalue weighted by Gasteiger charge is -2.19. The minimum Gasteiger partial charge on any atom is -0.464 e. The van der Waals surface area contributed by atoms with E-state index >= 15 is 0 Å². The highest BCUT2D eigenvalue weighted by molar-refractivity contribution is 5.19. The zero-order valence-corrected chi connectivity index (χ0v) is 10.2. The molecule has 1 aromatic rings. The van der Waals surface area contributed by atoms with Crippen molar-refractivity contribution in [2.75, 3.05) is 20.6 Å². The molecule has 3 unspecified atom stereocenters. The molecule has 0 spiro atoms. The van der Waals surface area contributed by atoms with Crippen LogP contribution in [-0.4, -0.2) is 25.6 Å². The molecular formula is C12H21N3O. The van der Waals surface area contributed by atoms with Crippen LogP contribution in [0.15, 0.2) is 16.5 Å². The molecule has 0 bridgehead atoms. The maximum absolute atomic E-state index is 5.86. The van der Waals surface area contributed by atoms with Crippen LogP contribution in [0.5, 0.6) is 0 Å². The van der Waals surface area contributed by atoms with Gasteiger partial charge in [0.25, 0.3) is 0 Å². The summed E-state index contributed by atoms with van der Waals surface area (Å²) in [4.78, 5) is 0. The van der Waals surface area contributed by atoms with E-state index in [4.69, 9.17) is 10.2 Å². The van der Waals surface area contributed by atoms with E-state index in [0.717, 1.165) is 17.4 Å². The predicted molar refractivity (Wildman–Crippen MR) is 63.8 cm³/mol. The van der Waals surface area contributed by atoms with Crippen molar-refractivity contribution in [2.45, 2.75) is 25.3 Å². The van der Waals surface area contributed by atoms with E-state index in [9.17, 15) is 0 Å². The van der Waals surface area contributed by atoms with Crippen LogP contribution in [0.2, 0.25) is 0 Å². The topological polar surface area (TPSA) is 54.4 Å². The van der Waals surface area contributed by atoms with E-state index in [1.165, 1.54) is 6.42 Å². The zero-order chi connectivity index (χ0) is 11.7. The molecular weight excluding hydrogens is 202 g/mol. The fourth-order valence-electron chi connectivity index (χ4n) is 2.02. The number of nitrogens with one attached hydrogen (secondary N) is 1. The van der Waals surface area contributed by atoms with Crippen LogP contribution in [-0.2, 0) is 0 Å². The summed E-state index contributed by atoms with van der Waals surface area (Å²) >= 11 is 0. The summed E-state index contributed by atoms with van der Waals surface area (Å²) in [6, 6.07) is 4.19. The molecule has 3 atom stereocenters. The molecule has 4 heteroatoms. The fourth-order valence-corrected chi connectivity index (χ4v) is 2.02. The van der Waals surface area contributed by atoms with Gasteiger partial charge in [-0.1, -0.05) is 6.92 Å². The van der Waals surface area contributed by atoms with Gasteiger partial charge in [-0.25, -0.2) is 10.4 Å². The Kier molecular flexibility index (Phi) is 3.33. The largest absolute Gasteiger partial charge is 0.464 e. The van der Waals surface area contributed by atoms with Crippen molar-refractivity contribution < 1.29 is 4.42 Å². The lowest BCUT2D eigenvalue weighted by atomic mass is 10.2. The minimum absolute atomic E-state index is 0.0674. The molecule has 1 saturated carbocycles. The van der Waals surface area contributed by atoms with Gasteiger partial charge < -0.3 is 10.2 Å². The van der Waals surface area contributed by atoms with Crippen LogP contribution in [0.25, 0.3) is 0 Å². The van der Waals surface area contributed by atoms with Gasteiger partial charge in [0.2, 0.25) is 0 Å². The summed E-state index contributed by atoms with van der Waals surface area (Å²) < 4.78 is 5.86. The summed E-state index contributed by atoms with van der Waals surface area (Å²) in [5.41, 5.74) is 8.98. The van der Waals surface area contributed by atoms with Crippen LogP contribution < -0.4 is 11.2 Å². The first-order valence-corrected chi connectivity index (χ1v) is 5.85. The Morgan fingerprint density at radius 1 is 1.56 bits per heavy atom. The summed E-state index contributed by atoms with van der Waals surface area (Å²) in [5.74, 6) is 3.45. The second-order valence-electron chi connectivity index (χ2n) is 4.87. The Hall–Kier alpha value is -0.840. The van der Waals surface area contributed by atoms with E-state index < -0.39 is 0 Å². The molecule has 0 aromatic carbocycles. The first-order valence-electron chi connectivity index (χ1n) is 5.85. The summed E-state index contributed by atoms with van der Waals surface area (Å²) in [5, 5.41) is 1.90. The Morgan fingerprint density at radius 3 is 2.75 bits per heavy atom. The molecule has 4 nitrogen and oxygen atoms in total. The fraction of sp³-hybridized carbons (Fsp3) is 0.667. The van der Waals surface area contributed by atoms with Crippen LogP contribution >= 0.6 is 0 Å². The third-order valence-electron chi connectivity index (χ3n) is 3.12. The first kappa shape index (κ1) is 11.6. The van der Waals surface area contributed by atoms with Crippen molar-refractivity contribution in [3.8, 4) is 0 Å². The minimum atomic E-state index is 0.0674. The maximum Gasteiger partial charge on any atom is 0.123 e.